The van der Waals surface area contributed by atoms with Crippen molar-refractivity contribution in [3.05, 3.63) is 30.4 Å². The average Bonchev–Trinajstić information content (AvgIpc) is 3.41. The van der Waals surface area contributed by atoms with Gasteiger partial charge in [0.25, 0.3) is 5.91 Å². The molecule has 2 aliphatic heterocycles. The molecule has 0 saturated carbocycles. The highest BCUT2D eigenvalue weighted by Crippen LogP contribution is 2.27. The third-order valence-corrected chi connectivity index (χ3v) is 5.42. The molecule has 2 aliphatic rings. The van der Waals surface area contributed by atoms with Crippen LogP contribution in [0.15, 0.2) is 24.7 Å². The van der Waals surface area contributed by atoms with Crippen LogP contribution in [0.5, 0.6) is 0 Å². The van der Waals surface area contributed by atoms with E-state index < -0.39 is 0 Å². The second-order valence-corrected chi connectivity index (χ2v) is 7.20. The predicted octanol–water partition coefficient (Wildman–Crippen LogP) is 0.453. The van der Waals surface area contributed by atoms with Crippen molar-refractivity contribution in [3.8, 4) is 0 Å². The van der Waals surface area contributed by atoms with Gasteiger partial charge < -0.3 is 14.5 Å². The molecule has 2 saturated heterocycles. The van der Waals surface area contributed by atoms with Crippen LogP contribution >= 0.6 is 0 Å². The van der Waals surface area contributed by atoms with Gasteiger partial charge in [0.05, 0.1) is 24.3 Å². The highest BCUT2D eigenvalue weighted by atomic mass is 16.5. The van der Waals surface area contributed by atoms with Crippen LogP contribution in [-0.4, -0.2) is 86.9 Å². The van der Waals surface area contributed by atoms with E-state index >= 15 is 0 Å². The summed E-state index contributed by atoms with van der Waals surface area (Å²) in [5, 5.41) is 12.5. The van der Waals surface area contributed by atoms with Crippen LogP contribution in [0.25, 0.3) is 0 Å². The standard InChI is InChI=1S/C17H25N7O2/c1-21(2)15-11-22(12-16(15)23-8-7-18-20-23)17(25)14-3-6-19-24(14)13-4-9-26-10-5-13/h3,6-8,13,15-16H,4-5,9-12H2,1-2H3/t15-,16+/m1/s1. The van der Waals surface area contributed by atoms with Crippen molar-refractivity contribution in [1.82, 2.24) is 34.6 Å². The van der Waals surface area contributed by atoms with Crippen molar-refractivity contribution in [2.24, 2.45) is 0 Å². The first kappa shape index (κ1) is 17.2. The quantitative estimate of drug-likeness (QED) is 0.789. The minimum Gasteiger partial charge on any atom is -0.381 e. The number of likely N-dealkylation sites (N-methyl/N-ethyl adjacent to an activating group) is 1. The summed E-state index contributed by atoms with van der Waals surface area (Å²) in [6.45, 7) is 2.72. The number of hydrogen-bond donors (Lipinski definition) is 0. The molecule has 1 amide bonds. The van der Waals surface area contributed by atoms with Gasteiger partial charge in [-0.2, -0.15) is 5.10 Å². The summed E-state index contributed by atoms with van der Waals surface area (Å²) in [5.74, 6) is 0.0310. The molecule has 9 nitrogen and oxygen atoms in total. The molecule has 0 radical (unpaired) electrons. The number of hydrogen-bond acceptors (Lipinski definition) is 6. The highest BCUT2D eigenvalue weighted by Gasteiger charge is 2.39. The first-order valence-corrected chi connectivity index (χ1v) is 9.08. The van der Waals surface area contributed by atoms with E-state index in [9.17, 15) is 4.79 Å². The summed E-state index contributed by atoms with van der Waals surface area (Å²) in [6.07, 6.45) is 7.05. The lowest BCUT2D eigenvalue weighted by molar-refractivity contribution is 0.0615. The van der Waals surface area contributed by atoms with Crippen molar-refractivity contribution >= 4 is 5.91 Å². The zero-order valence-corrected chi connectivity index (χ0v) is 15.2. The molecular weight excluding hydrogens is 334 g/mol. The van der Waals surface area contributed by atoms with E-state index in [4.69, 9.17) is 4.74 Å². The number of carbonyl (C=O) groups excluding carboxylic acids is 1. The van der Waals surface area contributed by atoms with Gasteiger partial charge in [-0.15, -0.1) is 5.10 Å². The van der Waals surface area contributed by atoms with Crippen LogP contribution in [0.3, 0.4) is 0 Å². The normalized spacial score (nSPS) is 24.5. The Hall–Kier alpha value is -2.26. The fraction of sp³-hybridized carbons (Fsp3) is 0.647. The largest absolute Gasteiger partial charge is 0.381 e. The fourth-order valence-electron chi connectivity index (χ4n) is 3.96. The molecule has 0 N–H and O–H groups in total. The lowest BCUT2D eigenvalue weighted by atomic mass is 10.1. The molecule has 0 aromatic carbocycles. The molecule has 140 valence electrons. The summed E-state index contributed by atoms with van der Waals surface area (Å²) >= 11 is 0. The Morgan fingerprint density at radius 3 is 2.73 bits per heavy atom. The van der Waals surface area contributed by atoms with Crippen molar-refractivity contribution in [2.45, 2.75) is 31.0 Å². The zero-order valence-electron chi connectivity index (χ0n) is 15.2. The molecule has 4 rings (SSSR count). The summed E-state index contributed by atoms with van der Waals surface area (Å²) in [7, 11) is 4.07. The highest BCUT2D eigenvalue weighted by molar-refractivity contribution is 5.92. The first-order chi connectivity index (χ1) is 12.6. The van der Waals surface area contributed by atoms with Crippen LogP contribution < -0.4 is 0 Å². The number of likely N-dealkylation sites (tertiary alicyclic amines) is 1. The molecule has 2 fully saturated rings. The Morgan fingerprint density at radius 2 is 2.04 bits per heavy atom. The van der Waals surface area contributed by atoms with Crippen molar-refractivity contribution < 1.29 is 9.53 Å². The van der Waals surface area contributed by atoms with Gasteiger partial charge in [-0.25, -0.2) is 4.68 Å². The third kappa shape index (κ3) is 3.12. The van der Waals surface area contributed by atoms with Gasteiger partial charge in [0.2, 0.25) is 0 Å². The molecule has 0 bridgehead atoms. The summed E-state index contributed by atoms with van der Waals surface area (Å²) in [6, 6.07) is 2.35. The van der Waals surface area contributed by atoms with Crippen LogP contribution in [-0.2, 0) is 4.74 Å². The average molecular weight is 359 g/mol. The van der Waals surface area contributed by atoms with E-state index in [1.807, 2.05) is 40.6 Å². The predicted molar refractivity (Wildman–Crippen MR) is 93.8 cm³/mol. The number of rotatable bonds is 4. The van der Waals surface area contributed by atoms with Crippen molar-refractivity contribution in [2.75, 3.05) is 40.4 Å². The zero-order chi connectivity index (χ0) is 18.1. The maximum atomic E-state index is 13.2. The SMILES string of the molecule is CN(C)[C@@H]1CN(C(=O)c2ccnn2C2CCOCC2)C[C@@H]1n1ccnn1. The van der Waals surface area contributed by atoms with E-state index in [1.165, 1.54) is 0 Å². The monoisotopic (exact) mass is 359 g/mol. The van der Waals surface area contributed by atoms with Gasteiger partial charge >= 0.3 is 0 Å². The summed E-state index contributed by atoms with van der Waals surface area (Å²) < 4.78 is 9.18. The lowest BCUT2D eigenvalue weighted by Crippen LogP contribution is -2.37. The minimum absolute atomic E-state index is 0.0310. The van der Waals surface area contributed by atoms with Gasteiger partial charge in [-0.05, 0) is 33.0 Å². The summed E-state index contributed by atoms with van der Waals surface area (Å²) in [5.41, 5.74) is 0.661. The topological polar surface area (TPSA) is 81.3 Å². The van der Waals surface area contributed by atoms with Crippen molar-refractivity contribution in [1.29, 1.82) is 0 Å². The van der Waals surface area contributed by atoms with Gasteiger partial charge in [0, 0.05) is 38.7 Å². The van der Waals surface area contributed by atoms with E-state index in [0.717, 1.165) is 26.1 Å². The lowest BCUT2D eigenvalue weighted by Gasteiger charge is -2.25. The van der Waals surface area contributed by atoms with Gasteiger partial charge in [0.1, 0.15) is 5.69 Å². The molecule has 4 heterocycles. The molecule has 0 unspecified atom stereocenters. The Kier molecular flexibility index (Phi) is 4.73. The Labute approximate surface area is 152 Å². The van der Waals surface area contributed by atoms with Crippen LogP contribution in [0.4, 0.5) is 0 Å². The number of amides is 1. The Balaban J connectivity index is 1.55. The molecular formula is C17H25N7O2. The van der Waals surface area contributed by atoms with E-state index in [1.54, 1.807) is 12.4 Å². The second kappa shape index (κ2) is 7.16. The molecule has 0 aliphatic carbocycles. The van der Waals surface area contributed by atoms with Crippen LogP contribution in [0.1, 0.15) is 35.4 Å². The first-order valence-electron chi connectivity index (χ1n) is 9.08. The molecule has 0 spiro atoms. The molecule has 9 heteroatoms. The van der Waals surface area contributed by atoms with E-state index in [2.05, 4.69) is 20.3 Å². The van der Waals surface area contributed by atoms with Gasteiger partial charge in [-0.1, -0.05) is 5.21 Å². The fourth-order valence-corrected chi connectivity index (χ4v) is 3.96. The third-order valence-electron chi connectivity index (χ3n) is 5.42. The summed E-state index contributed by atoms with van der Waals surface area (Å²) in [4.78, 5) is 17.3. The number of aromatic nitrogens is 5. The maximum Gasteiger partial charge on any atom is 0.272 e. The van der Waals surface area contributed by atoms with Crippen molar-refractivity contribution in [3.63, 3.8) is 0 Å². The maximum absolute atomic E-state index is 13.2. The molecule has 2 aromatic rings. The van der Waals surface area contributed by atoms with E-state index in [-0.39, 0.29) is 24.0 Å². The van der Waals surface area contributed by atoms with Gasteiger partial charge in [-0.3, -0.25) is 9.48 Å². The number of ether oxygens (including phenoxy) is 1. The smallest absolute Gasteiger partial charge is 0.272 e. The second-order valence-electron chi connectivity index (χ2n) is 7.20. The van der Waals surface area contributed by atoms with E-state index in [0.29, 0.717) is 18.8 Å². The Bertz CT molecular complexity index is 736. The van der Waals surface area contributed by atoms with Gasteiger partial charge in [0.15, 0.2) is 0 Å². The number of nitrogens with zero attached hydrogens (tertiary/aromatic N) is 7. The number of carbonyl (C=O) groups is 1. The molecule has 26 heavy (non-hydrogen) atoms. The molecule has 2 aromatic heterocycles. The van der Waals surface area contributed by atoms with Crippen LogP contribution in [0.2, 0.25) is 0 Å². The Morgan fingerprint density at radius 1 is 1.23 bits per heavy atom. The minimum atomic E-state index is 0.0310. The molecule has 2 atom stereocenters. The van der Waals surface area contributed by atoms with Crippen LogP contribution in [0, 0.1) is 0 Å².